The lowest BCUT2D eigenvalue weighted by Gasteiger charge is -2.32. The minimum atomic E-state index is -1.19. The number of hydrogen-bond acceptors (Lipinski definition) is 7. The lowest BCUT2D eigenvalue weighted by molar-refractivity contribution is -0.127. The molecule has 3 saturated heterocycles. The predicted octanol–water partition coefficient (Wildman–Crippen LogP) is 5.82. The number of phenolic OH excluding ortho intramolecular Hbond substituents is 1. The molecule has 5 heterocycles. The summed E-state index contributed by atoms with van der Waals surface area (Å²) in [5.41, 5.74) is -0.592. The SMILES string of the molecule is C=CC(=O)N1CCC(c2nc(OC[C@@]34CCCN3C[C@H](F)C4)nc3c(F)c(-c4cc(O)cc5ccc(F)c(F)c45)ncc23)CC1. The third kappa shape index (κ3) is 5.04. The molecule has 3 aliphatic heterocycles. The highest BCUT2D eigenvalue weighted by Crippen LogP contribution is 2.42. The van der Waals surface area contributed by atoms with Gasteiger partial charge >= 0.3 is 6.01 Å². The van der Waals surface area contributed by atoms with E-state index < -0.39 is 29.2 Å². The normalized spacial score (nSPS) is 22.3. The van der Waals surface area contributed by atoms with Crippen molar-refractivity contribution in [2.45, 2.75) is 49.7 Å². The number of likely N-dealkylation sites (tertiary alicyclic amines) is 1. The first-order valence-corrected chi connectivity index (χ1v) is 15.1. The van der Waals surface area contributed by atoms with Gasteiger partial charge in [0.05, 0.1) is 11.2 Å². The van der Waals surface area contributed by atoms with Crippen LogP contribution in [0.3, 0.4) is 0 Å². The van der Waals surface area contributed by atoms with Crippen LogP contribution in [0.5, 0.6) is 11.8 Å². The standard InChI is InChI=1S/C33H31F4N5O3/c1-2-25(44)41-10-6-18(7-11-41)29-23-15-38-30(22-13-21(43)12-19-4-5-24(35)27(36)26(19)22)28(37)31(23)40-32(39-29)45-17-33-8-3-9-42(33)16-20(34)14-33/h2,4-5,12-13,15,18,20,43H,1,3,6-11,14,16-17H2/t20-,33+/m1/s1. The number of hydrogen-bond donors (Lipinski definition) is 1. The molecule has 3 aliphatic rings. The second-order valence-corrected chi connectivity index (χ2v) is 12.2. The number of benzene rings is 2. The molecular weight excluding hydrogens is 590 g/mol. The highest BCUT2D eigenvalue weighted by molar-refractivity contribution is 5.99. The van der Waals surface area contributed by atoms with Gasteiger partial charge in [0.2, 0.25) is 5.91 Å². The summed E-state index contributed by atoms with van der Waals surface area (Å²) >= 11 is 0. The monoisotopic (exact) mass is 621 g/mol. The number of carbonyl (C=O) groups is 1. The molecule has 0 bridgehead atoms. The van der Waals surface area contributed by atoms with Gasteiger partial charge in [-0.2, -0.15) is 9.97 Å². The first-order chi connectivity index (χ1) is 21.7. The van der Waals surface area contributed by atoms with Crippen LogP contribution in [0.2, 0.25) is 0 Å². The molecule has 8 nitrogen and oxygen atoms in total. The maximum absolute atomic E-state index is 16.6. The first kappa shape index (κ1) is 29.4. The second-order valence-electron chi connectivity index (χ2n) is 12.2. The number of carbonyl (C=O) groups excluding carboxylic acids is 1. The summed E-state index contributed by atoms with van der Waals surface area (Å²) in [4.78, 5) is 29.4. The van der Waals surface area contributed by atoms with E-state index in [1.54, 1.807) is 4.90 Å². The fourth-order valence-electron chi connectivity index (χ4n) is 7.34. The first-order valence-electron chi connectivity index (χ1n) is 15.1. The Balaban J connectivity index is 1.34. The number of rotatable bonds is 6. The van der Waals surface area contributed by atoms with Crippen molar-refractivity contribution in [3.05, 3.63) is 66.3 Å². The van der Waals surface area contributed by atoms with Gasteiger partial charge in [-0.1, -0.05) is 12.6 Å². The van der Waals surface area contributed by atoms with Crippen molar-refractivity contribution in [3.63, 3.8) is 0 Å². The number of alkyl halides is 1. The minimum Gasteiger partial charge on any atom is -0.508 e. The number of piperidine rings is 1. The van der Waals surface area contributed by atoms with E-state index in [9.17, 15) is 18.7 Å². The fraction of sp³-hybridized carbons (Fsp3) is 0.394. The largest absolute Gasteiger partial charge is 0.508 e. The van der Waals surface area contributed by atoms with Crippen molar-refractivity contribution in [1.29, 1.82) is 0 Å². The molecule has 2 atom stereocenters. The van der Waals surface area contributed by atoms with Crippen molar-refractivity contribution < 1.29 is 32.2 Å². The van der Waals surface area contributed by atoms with E-state index in [1.165, 1.54) is 24.4 Å². The van der Waals surface area contributed by atoms with Crippen molar-refractivity contribution in [2.24, 2.45) is 0 Å². The summed E-state index contributed by atoms with van der Waals surface area (Å²) in [5, 5.41) is 10.6. The van der Waals surface area contributed by atoms with Gasteiger partial charge in [0.25, 0.3) is 0 Å². The number of halogens is 4. The van der Waals surface area contributed by atoms with E-state index in [1.807, 2.05) is 0 Å². The van der Waals surface area contributed by atoms with Crippen LogP contribution >= 0.6 is 0 Å². The number of ether oxygens (including phenoxy) is 1. The van der Waals surface area contributed by atoms with Crippen LogP contribution in [0.15, 0.2) is 43.1 Å². The summed E-state index contributed by atoms with van der Waals surface area (Å²) < 4.78 is 66.5. The molecule has 2 aromatic heterocycles. The van der Waals surface area contributed by atoms with Crippen LogP contribution in [0.25, 0.3) is 32.9 Å². The molecule has 234 valence electrons. The minimum absolute atomic E-state index is 0.0836. The molecule has 2 aromatic carbocycles. The van der Waals surface area contributed by atoms with Gasteiger partial charge in [0, 0.05) is 54.5 Å². The molecule has 0 radical (unpaired) electrons. The summed E-state index contributed by atoms with van der Waals surface area (Å²) in [6, 6.07) is 4.53. The average molecular weight is 622 g/mol. The van der Waals surface area contributed by atoms with Crippen LogP contribution in [0.1, 0.15) is 43.7 Å². The van der Waals surface area contributed by atoms with E-state index in [0.29, 0.717) is 50.0 Å². The molecule has 0 unspecified atom stereocenters. The van der Waals surface area contributed by atoms with Crippen LogP contribution < -0.4 is 4.74 Å². The molecule has 0 aliphatic carbocycles. The molecule has 7 rings (SSSR count). The van der Waals surface area contributed by atoms with E-state index in [0.717, 1.165) is 31.5 Å². The lowest BCUT2D eigenvalue weighted by atomic mass is 9.91. The smallest absolute Gasteiger partial charge is 0.317 e. The number of phenols is 1. The zero-order chi connectivity index (χ0) is 31.5. The molecule has 1 N–H and O–H groups in total. The van der Waals surface area contributed by atoms with Gasteiger partial charge in [0.1, 0.15) is 29.7 Å². The summed E-state index contributed by atoms with van der Waals surface area (Å²) in [7, 11) is 0. The van der Waals surface area contributed by atoms with Crippen LogP contribution in [-0.4, -0.2) is 80.3 Å². The molecule has 0 saturated carbocycles. The number of aromatic hydroxyl groups is 1. The number of pyridine rings is 1. The molecule has 4 aromatic rings. The van der Waals surface area contributed by atoms with E-state index in [2.05, 4.69) is 21.4 Å². The van der Waals surface area contributed by atoms with Crippen LogP contribution in [0, 0.1) is 17.5 Å². The number of fused-ring (bicyclic) bond motifs is 3. The number of nitrogens with zero attached hydrogens (tertiary/aromatic N) is 5. The topological polar surface area (TPSA) is 91.7 Å². The number of amides is 1. The highest BCUT2D eigenvalue weighted by atomic mass is 19.2. The summed E-state index contributed by atoms with van der Waals surface area (Å²) in [5.74, 6) is -3.87. The van der Waals surface area contributed by atoms with Gasteiger partial charge in [-0.15, -0.1) is 0 Å². The second kappa shape index (κ2) is 11.2. The van der Waals surface area contributed by atoms with Crippen molar-refractivity contribution in [1.82, 2.24) is 24.8 Å². The van der Waals surface area contributed by atoms with Crippen LogP contribution in [0.4, 0.5) is 17.6 Å². The van der Waals surface area contributed by atoms with Crippen LogP contribution in [-0.2, 0) is 4.79 Å². The molecule has 1 amide bonds. The maximum atomic E-state index is 16.6. The zero-order valence-electron chi connectivity index (χ0n) is 24.4. The Morgan fingerprint density at radius 2 is 1.93 bits per heavy atom. The van der Waals surface area contributed by atoms with Gasteiger partial charge in [0.15, 0.2) is 17.5 Å². The lowest BCUT2D eigenvalue weighted by Crippen LogP contribution is -2.43. The van der Waals surface area contributed by atoms with Gasteiger partial charge < -0.3 is 14.7 Å². The molecule has 12 heteroatoms. The van der Waals surface area contributed by atoms with Crippen molar-refractivity contribution in [2.75, 3.05) is 32.8 Å². The van der Waals surface area contributed by atoms with Crippen molar-refractivity contribution in [3.8, 4) is 23.0 Å². The average Bonchev–Trinajstić information content (AvgIpc) is 3.57. The summed E-state index contributed by atoms with van der Waals surface area (Å²) in [6.45, 7) is 5.69. The fourth-order valence-corrected chi connectivity index (χ4v) is 7.34. The molecular formula is C33H31F4N5O3. The van der Waals surface area contributed by atoms with E-state index in [-0.39, 0.29) is 57.7 Å². The Hall–Kier alpha value is -4.32. The Morgan fingerprint density at radius 1 is 1.13 bits per heavy atom. The molecule has 45 heavy (non-hydrogen) atoms. The van der Waals surface area contributed by atoms with E-state index >= 15 is 8.78 Å². The quantitative estimate of drug-likeness (QED) is 0.215. The van der Waals surface area contributed by atoms with Crippen molar-refractivity contribution >= 4 is 27.6 Å². The third-order valence-electron chi connectivity index (χ3n) is 9.54. The van der Waals surface area contributed by atoms with Gasteiger partial charge in [-0.3, -0.25) is 14.7 Å². The molecule has 3 fully saturated rings. The van der Waals surface area contributed by atoms with Gasteiger partial charge in [-0.25, -0.2) is 17.6 Å². The summed E-state index contributed by atoms with van der Waals surface area (Å²) in [6.07, 6.45) is 4.79. The Kier molecular flexibility index (Phi) is 7.34. The third-order valence-corrected chi connectivity index (χ3v) is 9.54. The van der Waals surface area contributed by atoms with E-state index in [4.69, 9.17) is 9.72 Å². The Bertz CT molecular complexity index is 1850. The highest BCUT2D eigenvalue weighted by Gasteiger charge is 2.49. The van der Waals surface area contributed by atoms with Gasteiger partial charge in [-0.05, 0) is 61.9 Å². The maximum Gasteiger partial charge on any atom is 0.317 e. The molecule has 0 spiro atoms. The Morgan fingerprint density at radius 3 is 2.71 bits per heavy atom. The zero-order valence-corrected chi connectivity index (χ0v) is 24.4. The Labute approximate surface area is 256 Å². The number of aromatic nitrogens is 3. The predicted molar refractivity (Wildman–Crippen MR) is 159 cm³/mol.